The lowest BCUT2D eigenvalue weighted by Gasteiger charge is -2.41. The number of aryl methyl sites for hydroxylation is 2. The van der Waals surface area contributed by atoms with Crippen LogP contribution in [0.4, 0.5) is 0 Å². The van der Waals surface area contributed by atoms with E-state index in [1.807, 2.05) is 24.8 Å². The molecule has 26 heavy (non-hydrogen) atoms. The quantitative estimate of drug-likeness (QED) is 0.872. The summed E-state index contributed by atoms with van der Waals surface area (Å²) in [5.41, 5.74) is 3.05. The molecule has 2 aromatic rings. The van der Waals surface area contributed by atoms with Crippen molar-refractivity contribution < 1.29 is 9.90 Å². The number of aromatic nitrogens is 3. The van der Waals surface area contributed by atoms with E-state index >= 15 is 0 Å². The van der Waals surface area contributed by atoms with Gasteiger partial charge >= 0.3 is 0 Å². The smallest absolute Gasteiger partial charge is 0.274 e. The largest absolute Gasteiger partial charge is 0.396 e. The van der Waals surface area contributed by atoms with Crippen molar-refractivity contribution in [1.29, 1.82) is 0 Å². The van der Waals surface area contributed by atoms with Gasteiger partial charge in [-0.15, -0.1) is 0 Å². The van der Waals surface area contributed by atoms with Crippen LogP contribution in [0.25, 0.3) is 5.65 Å². The average Bonchev–Trinajstić information content (AvgIpc) is 3.32. The highest BCUT2D eigenvalue weighted by Crippen LogP contribution is 2.31. The molecule has 0 aromatic carbocycles. The predicted molar refractivity (Wildman–Crippen MR) is 98.2 cm³/mol. The second-order valence-corrected chi connectivity index (χ2v) is 7.69. The fraction of sp³-hybridized carbons (Fsp3) is 0.632. The van der Waals surface area contributed by atoms with Gasteiger partial charge in [0.2, 0.25) is 0 Å². The minimum absolute atomic E-state index is 0.0402. The van der Waals surface area contributed by atoms with Crippen LogP contribution in [0.1, 0.15) is 41.1 Å². The first kappa shape index (κ1) is 17.4. The lowest BCUT2D eigenvalue weighted by molar-refractivity contribution is 0.0402. The topological polar surface area (TPSA) is 74.0 Å². The van der Waals surface area contributed by atoms with Crippen LogP contribution in [0.2, 0.25) is 0 Å². The molecule has 3 heterocycles. The molecule has 1 saturated heterocycles. The number of piperazine rings is 1. The van der Waals surface area contributed by atoms with Crippen LogP contribution in [0, 0.1) is 19.8 Å². The van der Waals surface area contributed by atoms with Gasteiger partial charge in [-0.1, -0.05) is 0 Å². The zero-order valence-corrected chi connectivity index (χ0v) is 15.6. The Morgan fingerprint density at radius 1 is 1.27 bits per heavy atom. The van der Waals surface area contributed by atoms with E-state index in [1.165, 1.54) is 12.8 Å². The number of fused-ring (bicyclic) bond motifs is 1. The van der Waals surface area contributed by atoms with E-state index in [2.05, 4.69) is 15.0 Å². The minimum Gasteiger partial charge on any atom is -0.396 e. The van der Waals surface area contributed by atoms with E-state index in [4.69, 9.17) is 0 Å². The summed E-state index contributed by atoms with van der Waals surface area (Å²) in [5, 5.41) is 13.9. The van der Waals surface area contributed by atoms with Gasteiger partial charge in [0, 0.05) is 56.3 Å². The van der Waals surface area contributed by atoms with E-state index < -0.39 is 0 Å². The maximum Gasteiger partial charge on any atom is 0.274 e. The van der Waals surface area contributed by atoms with Crippen molar-refractivity contribution in [1.82, 2.24) is 24.4 Å². The van der Waals surface area contributed by atoms with Crippen molar-refractivity contribution in [3.05, 3.63) is 29.2 Å². The average molecular weight is 357 g/mol. The fourth-order valence-corrected chi connectivity index (χ4v) is 3.93. The molecule has 1 saturated carbocycles. The Morgan fingerprint density at radius 3 is 2.81 bits per heavy atom. The second kappa shape index (κ2) is 6.96. The van der Waals surface area contributed by atoms with Gasteiger partial charge in [-0.05, 0) is 45.1 Å². The molecule has 1 atom stereocenters. The molecular weight excluding hydrogens is 330 g/mol. The number of aliphatic hydroxyl groups excluding tert-OH is 1. The normalized spacial score (nSPS) is 21.5. The molecule has 1 amide bonds. The number of aliphatic hydroxyl groups is 1. The summed E-state index contributed by atoms with van der Waals surface area (Å²) in [6.45, 7) is 7.42. The zero-order valence-electron chi connectivity index (χ0n) is 15.6. The maximum absolute atomic E-state index is 13.0. The summed E-state index contributed by atoms with van der Waals surface area (Å²) in [7, 11) is 0. The highest BCUT2D eigenvalue weighted by Gasteiger charge is 2.34. The lowest BCUT2D eigenvalue weighted by atomic mass is 10.1. The van der Waals surface area contributed by atoms with Crippen LogP contribution >= 0.6 is 0 Å². The summed E-state index contributed by atoms with van der Waals surface area (Å²) in [6.07, 6.45) is 3.34. The molecule has 1 aliphatic carbocycles. The van der Waals surface area contributed by atoms with Crippen LogP contribution in [0.5, 0.6) is 0 Å². The van der Waals surface area contributed by atoms with E-state index in [0.717, 1.165) is 30.4 Å². The van der Waals surface area contributed by atoms with Crippen molar-refractivity contribution in [2.45, 2.75) is 39.2 Å². The lowest BCUT2D eigenvalue weighted by Crippen LogP contribution is -2.55. The van der Waals surface area contributed by atoms with Gasteiger partial charge in [0.05, 0.1) is 0 Å². The van der Waals surface area contributed by atoms with Gasteiger partial charge in [0.1, 0.15) is 0 Å². The van der Waals surface area contributed by atoms with Gasteiger partial charge in [0.15, 0.2) is 11.3 Å². The first-order valence-electron chi connectivity index (χ1n) is 9.53. The number of nitrogens with zero attached hydrogens (tertiary/aromatic N) is 5. The molecule has 2 aliphatic rings. The molecule has 0 bridgehead atoms. The van der Waals surface area contributed by atoms with Crippen LogP contribution < -0.4 is 0 Å². The molecule has 1 unspecified atom stereocenters. The number of rotatable bonds is 5. The SMILES string of the molecule is Cc1cc(C)n2nc(C(=O)N3CCN(CC4CC4)C(CCO)C3)cc2n1. The molecule has 1 aliphatic heterocycles. The van der Waals surface area contributed by atoms with Crippen LogP contribution in [0.15, 0.2) is 12.1 Å². The van der Waals surface area contributed by atoms with Crippen LogP contribution in [0.3, 0.4) is 0 Å². The summed E-state index contributed by atoms with van der Waals surface area (Å²) in [4.78, 5) is 21.8. The van der Waals surface area contributed by atoms with Crippen molar-refractivity contribution >= 4 is 11.6 Å². The number of hydrogen-bond donors (Lipinski definition) is 1. The molecule has 7 heteroatoms. The van der Waals surface area contributed by atoms with Crippen molar-refractivity contribution in [3.8, 4) is 0 Å². The van der Waals surface area contributed by atoms with Gasteiger partial charge < -0.3 is 10.0 Å². The third-order valence-electron chi connectivity index (χ3n) is 5.50. The molecule has 4 rings (SSSR count). The molecule has 0 radical (unpaired) electrons. The summed E-state index contributed by atoms with van der Waals surface area (Å²) in [6, 6.07) is 3.97. The molecule has 0 spiro atoms. The number of amides is 1. The molecule has 2 aromatic heterocycles. The predicted octanol–water partition coefficient (Wildman–Crippen LogP) is 1.26. The monoisotopic (exact) mass is 357 g/mol. The van der Waals surface area contributed by atoms with Crippen molar-refractivity contribution in [3.63, 3.8) is 0 Å². The maximum atomic E-state index is 13.0. The highest BCUT2D eigenvalue weighted by molar-refractivity contribution is 5.93. The van der Waals surface area contributed by atoms with Gasteiger partial charge in [-0.25, -0.2) is 9.50 Å². The number of carbonyl (C=O) groups is 1. The molecule has 140 valence electrons. The van der Waals surface area contributed by atoms with Crippen molar-refractivity contribution in [2.24, 2.45) is 5.92 Å². The molecule has 7 nitrogen and oxygen atoms in total. The first-order chi connectivity index (χ1) is 12.5. The van der Waals surface area contributed by atoms with E-state index in [1.54, 1.807) is 10.6 Å². The fourth-order valence-electron chi connectivity index (χ4n) is 3.93. The summed E-state index contributed by atoms with van der Waals surface area (Å²) in [5.74, 6) is 0.774. The van der Waals surface area contributed by atoms with E-state index in [0.29, 0.717) is 30.9 Å². The number of carbonyl (C=O) groups excluding carboxylic acids is 1. The van der Waals surface area contributed by atoms with Crippen LogP contribution in [-0.2, 0) is 0 Å². The summed E-state index contributed by atoms with van der Waals surface area (Å²) < 4.78 is 1.73. The molecular formula is C19H27N5O2. The third-order valence-corrected chi connectivity index (χ3v) is 5.50. The van der Waals surface area contributed by atoms with Gasteiger partial charge in [-0.2, -0.15) is 5.10 Å². The third kappa shape index (κ3) is 3.46. The van der Waals surface area contributed by atoms with Gasteiger partial charge in [0.25, 0.3) is 5.91 Å². The highest BCUT2D eigenvalue weighted by atomic mass is 16.3. The minimum atomic E-state index is -0.0402. The Kier molecular flexibility index (Phi) is 4.67. The Hall–Kier alpha value is -1.99. The summed E-state index contributed by atoms with van der Waals surface area (Å²) >= 11 is 0. The van der Waals surface area contributed by atoms with Gasteiger partial charge in [-0.3, -0.25) is 9.69 Å². The van der Waals surface area contributed by atoms with E-state index in [-0.39, 0.29) is 18.6 Å². The Morgan fingerprint density at radius 2 is 2.08 bits per heavy atom. The Labute approximate surface area is 153 Å². The molecule has 2 fully saturated rings. The standard InChI is InChI=1S/C19H27N5O2/c1-13-9-14(2)24-18(20-13)10-17(21-24)19(26)23-7-6-22(11-15-3-4-15)16(12-23)5-8-25/h9-10,15-16,25H,3-8,11-12H2,1-2H3. The number of hydrogen-bond acceptors (Lipinski definition) is 5. The van der Waals surface area contributed by atoms with Crippen molar-refractivity contribution in [2.75, 3.05) is 32.8 Å². The zero-order chi connectivity index (χ0) is 18.3. The second-order valence-electron chi connectivity index (χ2n) is 7.69. The Bertz CT molecular complexity index is 814. The van der Waals surface area contributed by atoms with Crippen LogP contribution in [-0.4, -0.2) is 74.2 Å². The Balaban J connectivity index is 1.51. The first-order valence-corrected chi connectivity index (χ1v) is 9.53. The van der Waals surface area contributed by atoms with E-state index in [9.17, 15) is 9.90 Å². The molecule has 1 N–H and O–H groups in total.